The Morgan fingerprint density at radius 2 is 1.64 bits per heavy atom. The van der Waals surface area contributed by atoms with Crippen LogP contribution in [0.25, 0.3) is 0 Å². The fourth-order valence-corrected chi connectivity index (χ4v) is 4.89. The number of carbonyl (C=O) groups is 1. The Balaban J connectivity index is 1.36. The second-order valence-corrected chi connectivity index (χ2v) is 10.1. The van der Waals surface area contributed by atoms with Crippen LogP contribution >= 0.6 is 22.6 Å². The van der Waals surface area contributed by atoms with Crippen molar-refractivity contribution in [3.8, 4) is 0 Å². The zero-order chi connectivity index (χ0) is 23.0. The second kappa shape index (κ2) is 12.2. The molecule has 0 saturated carbocycles. The summed E-state index contributed by atoms with van der Waals surface area (Å²) >= 11 is 2.27. The van der Waals surface area contributed by atoms with E-state index < -0.39 is 0 Å². The van der Waals surface area contributed by atoms with Crippen LogP contribution in [-0.4, -0.2) is 60.9 Å². The van der Waals surface area contributed by atoms with Crippen LogP contribution in [0.1, 0.15) is 36.8 Å². The van der Waals surface area contributed by atoms with Gasteiger partial charge < -0.3 is 19.3 Å². The van der Waals surface area contributed by atoms with Crippen LogP contribution in [0.3, 0.4) is 0 Å². The number of piperidine rings is 1. The highest BCUT2D eigenvalue weighted by Gasteiger charge is 2.28. The zero-order valence-electron chi connectivity index (χ0n) is 18.9. The average molecular weight is 566 g/mol. The molecular weight excluding hydrogens is 534 g/mol. The van der Waals surface area contributed by atoms with Gasteiger partial charge in [-0.05, 0) is 77.2 Å². The van der Waals surface area contributed by atoms with Crippen LogP contribution in [0.4, 0.5) is 4.39 Å². The van der Waals surface area contributed by atoms with E-state index in [-0.39, 0.29) is 24.1 Å². The normalized spacial score (nSPS) is 18.4. The van der Waals surface area contributed by atoms with Gasteiger partial charge in [-0.1, -0.05) is 24.3 Å². The maximum absolute atomic E-state index is 13.4. The number of ether oxygens (including phenoxy) is 2. The molecule has 2 aliphatic rings. The minimum absolute atomic E-state index is 0.0815. The summed E-state index contributed by atoms with van der Waals surface area (Å²) in [6.45, 7) is 4.94. The van der Waals surface area contributed by atoms with Gasteiger partial charge >= 0.3 is 0 Å². The number of benzene rings is 2. The summed E-state index contributed by atoms with van der Waals surface area (Å²) in [6.07, 6.45) is 4.03. The summed E-state index contributed by atoms with van der Waals surface area (Å²) < 4.78 is 25.9. The number of nitrogens with zero attached hydrogens (tertiary/aromatic N) is 2. The predicted molar refractivity (Wildman–Crippen MR) is 134 cm³/mol. The largest absolute Gasteiger partial charge is 0.353 e. The Bertz CT molecular complexity index is 879. The minimum Gasteiger partial charge on any atom is -0.353 e. The molecule has 178 valence electrons. The molecule has 4 rings (SSSR count). The second-order valence-electron chi connectivity index (χ2n) is 8.84. The minimum atomic E-state index is -0.255. The Hall–Kier alpha value is -1.55. The van der Waals surface area contributed by atoms with Crippen molar-refractivity contribution < 1.29 is 18.7 Å². The molecule has 2 aromatic rings. The van der Waals surface area contributed by atoms with Gasteiger partial charge in [-0.2, -0.15) is 0 Å². The van der Waals surface area contributed by atoms with Crippen molar-refractivity contribution in [3.05, 3.63) is 69.0 Å². The van der Waals surface area contributed by atoms with Gasteiger partial charge in [0.05, 0.1) is 19.6 Å². The molecule has 0 atom stereocenters. The number of carbonyl (C=O) groups excluding carboxylic acids is 1. The van der Waals surface area contributed by atoms with E-state index in [1.807, 2.05) is 29.2 Å². The van der Waals surface area contributed by atoms with Crippen molar-refractivity contribution >= 4 is 28.5 Å². The summed E-state index contributed by atoms with van der Waals surface area (Å²) in [6, 6.07) is 14.8. The third-order valence-corrected chi connectivity index (χ3v) is 7.15. The van der Waals surface area contributed by atoms with E-state index in [4.69, 9.17) is 9.47 Å². The number of likely N-dealkylation sites (tertiary alicyclic amines) is 1. The lowest BCUT2D eigenvalue weighted by molar-refractivity contribution is -0.182. The molecule has 1 amide bonds. The van der Waals surface area contributed by atoms with E-state index in [1.165, 1.54) is 12.1 Å². The van der Waals surface area contributed by atoms with Crippen LogP contribution in [-0.2, 0) is 27.2 Å². The van der Waals surface area contributed by atoms with Crippen molar-refractivity contribution in [2.24, 2.45) is 0 Å². The third kappa shape index (κ3) is 7.47. The first kappa shape index (κ1) is 24.6. The van der Waals surface area contributed by atoms with Crippen molar-refractivity contribution in [3.63, 3.8) is 0 Å². The van der Waals surface area contributed by atoms with Gasteiger partial charge in [-0.3, -0.25) is 4.79 Å². The van der Waals surface area contributed by atoms with Crippen molar-refractivity contribution in [1.82, 2.24) is 9.80 Å². The van der Waals surface area contributed by atoms with Gasteiger partial charge in [0, 0.05) is 42.2 Å². The molecule has 0 N–H and O–H groups in total. The SMILES string of the molecule is O=C(Cc1ccc(I)cc1)N(Cc1ccc(F)cc1)C1CCN(CCC2OCCCO2)CC1. The predicted octanol–water partition coefficient (Wildman–Crippen LogP) is 4.62. The Morgan fingerprint density at radius 3 is 2.30 bits per heavy atom. The highest BCUT2D eigenvalue weighted by atomic mass is 127. The molecule has 2 fully saturated rings. The molecule has 2 aromatic carbocycles. The van der Waals surface area contributed by atoms with E-state index in [0.717, 1.165) is 73.2 Å². The summed E-state index contributed by atoms with van der Waals surface area (Å²) in [7, 11) is 0. The molecule has 2 heterocycles. The van der Waals surface area contributed by atoms with Crippen molar-refractivity contribution in [1.29, 1.82) is 0 Å². The van der Waals surface area contributed by atoms with E-state index in [0.29, 0.717) is 13.0 Å². The Morgan fingerprint density at radius 1 is 1.00 bits per heavy atom. The molecule has 0 aliphatic carbocycles. The number of hydrogen-bond acceptors (Lipinski definition) is 4. The molecule has 0 bridgehead atoms. The average Bonchev–Trinajstić information content (AvgIpc) is 2.85. The molecule has 33 heavy (non-hydrogen) atoms. The fourth-order valence-electron chi connectivity index (χ4n) is 4.53. The number of amides is 1. The van der Waals surface area contributed by atoms with Crippen molar-refractivity contribution in [2.45, 2.75) is 51.0 Å². The molecule has 0 spiro atoms. The quantitative estimate of drug-likeness (QED) is 0.438. The lowest BCUT2D eigenvalue weighted by Crippen LogP contribution is -2.48. The van der Waals surface area contributed by atoms with Crippen LogP contribution in [0.15, 0.2) is 48.5 Å². The first-order valence-electron chi connectivity index (χ1n) is 11.8. The Kier molecular flexibility index (Phi) is 9.11. The van der Waals surface area contributed by atoms with Gasteiger partial charge in [0.15, 0.2) is 6.29 Å². The van der Waals surface area contributed by atoms with Crippen LogP contribution in [0, 0.1) is 9.39 Å². The van der Waals surface area contributed by atoms with Crippen LogP contribution < -0.4 is 0 Å². The molecule has 0 radical (unpaired) electrons. The number of hydrogen-bond donors (Lipinski definition) is 0. The van der Waals surface area contributed by atoms with Crippen LogP contribution in [0.5, 0.6) is 0 Å². The first-order valence-corrected chi connectivity index (χ1v) is 12.9. The standard InChI is InChI=1S/C26H32FIN2O3/c27-22-6-2-21(3-7-22)19-30(25(31)18-20-4-8-23(28)9-5-20)24-10-13-29(14-11-24)15-12-26-32-16-1-17-33-26/h2-9,24,26H,1,10-19H2. The fraction of sp³-hybridized carbons (Fsp3) is 0.500. The highest BCUT2D eigenvalue weighted by Crippen LogP contribution is 2.22. The smallest absolute Gasteiger partial charge is 0.227 e. The molecule has 7 heteroatoms. The van der Waals surface area contributed by atoms with E-state index in [2.05, 4.69) is 27.5 Å². The van der Waals surface area contributed by atoms with Gasteiger partial charge in [0.2, 0.25) is 5.91 Å². The topological polar surface area (TPSA) is 42.0 Å². The number of halogens is 2. The first-order chi connectivity index (χ1) is 16.1. The molecule has 0 unspecified atom stereocenters. The van der Waals surface area contributed by atoms with Gasteiger partial charge in [0.25, 0.3) is 0 Å². The summed E-state index contributed by atoms with van der Waals surface area (Å²) in [5.74, 6) is -0.127. The maximum atomic E-state index is 13.4. The summed E-state index contributed by atoms with van der Waals surface area (Å²) in [5, 5.41) is 0. The highest BCUT2D eigenvalue weighted by molar-refractivity contribution is 14.1. The monoisotopic (exact) mass is 566 g/mol. The van der Waals surface area contributed by atoms with Gasteiger partial charge in [0.1, 0.15) is 5.82 Å². The maximum Gasteiger partial charge on any atom is 0.227 e. The molecule has 2 aliphatic heterocycles. The molecule has 0 aromatic heterocycles. The lowest BCUT2D eigenvalue weighted by Gasteiger charge is -2.39. The van der Waals surface area contributed by atoms with E-state index >= 15 is 0 Å². The number of rotatable bonds is 8. The molecule has 5 nitrogen and oxygen atoms in total. The van der Waals surface area contributed by atoms with Gasteiger partial charge in [-0.15, -0.1) is 0 Å². The summed E-state index contributed by atoms with van der Waals surface area (Å²) in [4.78, 5) is 17.8. The van der Waals surface area contributed by atoms with E-state index in [9.17, 15) is 9.18 Å². The lowest BCUT2D eigenvalue weighted by atomic mass is 10.0. The van der Waals surface area contributed by atoms with Gasteiger partial charge in [-0.25, -0.2) is 4.39 Å². The van der Waals surface area contributed by atoms with Crippen LogP contribution in [0.2, 0.25) is 0 Å². The van der Waals surface area contributed by atoms with Crippen molar-refractivity contribution in [2.75, 3.05) is 32.8 Å². The molecule has 2 saturated heterocycles. The summed E-state index contributed by atoms with van der Waals surface area (Å²) in [5.41, 5.74) is 1.98. The zero-order valence-corrected chi connectivity index (χ0v) is 21.1. The van der Waals surface area contributed by atoms with E-state index in [1.54, 1.807) is 12.1 Å². The molecular formula is C26H32FIN2O3. The third-order valence-electron chi connectivity index (χ3n) is 6.43. The Labute approximate surface area is 209 Å².